The van der Waals surface area contributed by atoms with Crippen molar-refractivity contribution in [2.75, 3.05) is 0 Å². The van der Waals surface area contributed by atoms with E-state index in [1.54, 1.807) is 6.92 Å². The molecule has 0 atom stereocenters. The summed E-state index contributed by atoms with van der Waals surface area (Å²) < 4.78 is 1.32. The van der Waals surface area contributed by atoms with Gasteiger partial charge in [-0.05, 0) is 18.7 Å². The van der Waals surface area contributed by atoms with Gasteiger partial charge in [-0.15, -0.1) is 5.10 Å². The summed E-state index contributed by atoms with van der Waals surface area (Å²) in [5, 5.41) is 17.0. The molecule has 100 valence electrons. The molecule has 11 heteroatoms. The molecule has 19 heavy (non-hydrogen) atoms. The van der Waals surface area contributed by atoms with Gasteiger partial charge >= 0.3 is 11.4 Å². The van der Waals surface area contributed by atoms with Crippen molar-refractivity contribution in [3.05, 3.63) is 32.1 Å². The second-order valence-electron chi connectivity index (χ2n) is 3.23. The molecule has 2 aromatic heterocycles. The Labute approximate surface area is 115 Å². The van der Waals surface area contributed by atoms with Crippen molar-refractivity contribution >= 4 is 29.1 Å². The second-order valence-corrected chi connectivity index (χ2v) is 4.55. The van der Waals surface area contributed by atoms with E-state index < -0.39 is 16.3 Å². The number of rotatable bonds is 4. The zero-order chi connectivity index (χ0) is 14.0. The van der Waals surface area contributed by atoms with Crippen molar-refractivity contribution < 1.29 is 4.92 Å². The molecule has 0 amide bonds. The fraction of sp³-hybridized carbons (Fsp3) is 0.250. The third kappa shape index (κ3) is 2.58. The van der Waals surface area contributed by atoms with E-state index in [0.29, 0.717) is 6.54 Å². The van der Waals surface area contributed by atoms with Gasteiger partial charge in [0.25, 0.3) is 0 Å². The van der Waals surface area contributed by atoms with E-state index in [1.165, 1.54) is 4.57 Å². The molecule has 0 unspecified atom stereocenters. The van der Waals surface area contributed by atoms with Crippen molar-refractivity contribution in [3.63, 3.8) is 0 Å². The summed E-state index contributed by atoms with van der Waals surface area (Å²) >= 11 is 6.54. The molecule has 2 aromatic rings. The van der Waals surface area contributed by atoms with Gasteiger partial charge < -0.3 is 0 Å². The number of nitro groups is 1. The van der Waals surface area contributed by atoms with Gasteiger partial charge in [0.15, 0.2) is 10.2 Å². The Balaban J connectivity index is 2.47. The van der Waals surface area contributed by atoms with Crippen molar-refractivity contribution in [1.29, 1.82) is 0 Å². The van der Waals surface area contributed by atoms with E-state index in [4.69, 9.17) is 11.6 Å². The van der Waals surface area contributed by atoms with Crippen LogP contribution in [0.5, 0.6) is 0 Å². The van der Waals surface area contributed by atoms with Crippen LogP contribution in [-0.2, 0) is 6.54 Å². The predicted molar refractivity (Wildman–Crippen MR) is 66.3 cm³/mol. The summed E-state index contributed by atoms with van der Waals surface area (Å²) in [6.07, 6.45) is 1.11. The van der Waals surface area contributed by atoms with Crippen LogP contribution in [0.25, 0.3) is 0 Å². The van der Waals surface area contributed by atoms with E-state index >= 15 is 0 Å². The molecule has 0 aliphatic rings. The van der Waals surface area contributed by atoms with Crippen molar-refractivity contribution in [3.8, 4) is 0 Å². The molecule has 1 N–H and O–H groups in total. The molecule has 0 fully saturated rings. The monoisotopic (exact) mass is 302 g/mol. The lowest BCUT2D eigenvalue weighted by molar-refractivity contribution is -0.388. The summed E-state index contributed by atoms with van der Waals surface area (Å²) in [6.45, 7) is 2.13. The zero-order valence-corrected chi connectivity index (χ0v) is 11.1. The van der Waals surface area contributed by atoms with Gasteiger partial charge in [-0.2, -0.15) is 0 Å². The molecule has 0 radical (unpaired) electrons. The highest BCUT2D eigenvalue weighted by Gasteiger charge is 2.24. The fourth-order valence-electron chi connectivity index (χ4n) is 1.32. The minimum Gasteiger partial charge on any atom is -0.270 e. The lowest BCUT2D eigenvalue weighted by atomic mass is 10.5. The Hall–Kier alpha value is -1.94. The van der Waals surface area contributed by atoms with Crippen LogP contribution in [0.15, 0.2) is 21.3 Å². The van der Waals surface area contributed by atoms with E-state index in [9.17, 15) is 14.9 Å². The van der Waals surface area contributed by atoms with E-state index in [2.05, 4.69) is 20.2 Å². The maximum Gasteiger partial charge on any atom is 0.343 e. The average molecular weight is 303 g/mol. The first-order chi connectivity index (χ1) is 9.04. The number of halogens is 1. The minimum absolute atomic E-state index is 0.0266. The summed E-state index contributed by atoms with van der Waals surface area (Å²) in [4.78, 5) is 29.0. The fourth-order valence-corrected chi connectivity index (χ4v) is 2.53. The molecule has 0 aliphatic carbocycles. The van der Waals surface area contributed by atoms with Crippen LogP contribution in [0.1, 0.15) is 6.92 Å². The summed E-state index contributed by atoms with van der Waals surface area (Å²) in [7, 11) is 0. The van der Waals surface area contributed by atoms with Crippen LogP contribution in [0.3, 0.4) is 0 Å². The Morgan fingerprint density at radius 2 is 2.32 bits per heavy atom. The maximum atomic E-state index is 11.4. The van der Waals surface area contributed by atoms with Crippen molar-refractivity contribution in [2.45, 2.75) is 23.7 Å². The van der Waals surface area contributed by atoms with Gasteiger partial charge in [0.2, 0.25) is 5.15 Å². The van der Waals surface area contributed by atoms with E-state index in [1.807, 2.05) is 0 Å². The third-order valence-corrected chi connectivity index (χ3v) is 3.42. The number of nitrogens with one attached hydrogen (secondary N) is 1. The molecule has 2 heterocycles. The van der Waals surface area contributed by atoms with Crippen LogP contribution in [0.2, 0.25) is 5.15 Å². The Bertz CT molecular complexity index is 683. The molecule has 2 rings (SSSR count). The highest BCUT2D eigenvalue weighted by atomic mass is 35.5. The van der Waals surface area contributed by atoms with Crippen LogP contribution in [0.4, 0.5) is 5.69 Å². The first kappa shape index (κ1) is 13.5. The molecule has 9 nitrogen and oxygen atoms in total. The lowest BCUT2D eigenvalue weighted by Gasteiger charge is -2.02. The molecular weight excluding hydrogens is 296 g/mol. The number of H-pyrrole nitrogens is 1. The molecule has 0 saturated carbocycles. The van der Waals surface area contributed by atoms with Gasteiger partial charge in [-0.3, -0.25) is 14.7 Å². The largest absolute Gasteiger partial charge is 0.343 e. The van der Waals surface area contributed by atoms with Crippen LogP contribution < -0.4 is 5.69 Å². The number of aromatic amines is 1. The second kappa shape index (κ2) is 5.36. The smallest absolute Gasteiger partial charge is 0.270 e. The lowest BCUT2D eigenvalue weighted by Crippen LogP contribution is -2.16. The number of aromatic nitrogens is 5. The molecule has 0 saturated heterocycles. The highest BCUT2D eigenvalue weighted by molar-refractivity contribution is 7.99. The van der Waals surface area contributed by atoms with Gasteiger partial charge in [-0.25, -0.2) is 19.9 Å². The zero-order valence-electron chi connectivity index (χ0n) is 9.53. The summed E-state index contributed by atoms with van der Waals surface area (Å²) in [5.74, 6) is 0. The van der Waals surface area contributed by atoms with Gasteiger partial charge in [0.05, 0.1) is 4.92 Å². The third-order valence-electron chi connectivity index (χ3n) is 2.15. The van der Waals surface area contributed by atoms with Gasteiger partial charge in [-0.1, -0.05) is 11.6 Å². The van der Waals surface area contributed by atoms with E-state index in [0.717, 1.165) is 18.1 Å². The van der Waals surface area contributed by atoms with Crippen LogP contribution in [0, 0.1) is 10.1 Å². The Kier molecular flexibility index (Phi) is 3.81. The van der Waals surface area contributed by atoms with E-state index in [-0.39, 0.29) is 15.3 Å². The Morgan fingerprint density at radius 1 is 1.58 bits per heavy atom. The topological polar surface area (TPSA) is 120 Å². The minimum atomic E-state index is -0.675. The van der Waals surface area contributed by atoms with Crippen molar-refractivity contribution in [2.24, 2.45) is 0 Å². The number of hydrogen-bond acceptors (Lipinski definition) is 7. The average Bonchev–Trinajstić information content (AvgIpc) is 2.69. The molecule has 0 aliphatic heterocycles. The SMILES string of the molecule is CCn1c(Sc2ncnc(Cl)c2[N+](=O)[O-])n[nH]c1=O. The first-order valence-corrected chi connectivity index (χ1v) is 6.22. The van der Waals surface area contributed by atoms with Gasteiger partial charge in [0, 0.05) is 6.54 Å². The molecule has 0 bridgehead atoms. The number of nitrogens with zero attached hydrogens (tertiary/aromatic N) is 5. The van der Waals surface area contributed by atoms with Crippen LogP contribution in [-0.4, -0.2) is 29.7 Å². The molecular formula is C8H7ClN6O3S. The summed E-state index contributed by atoms with van der Waals surface area (Å²) in [6, 6.07) is 0. The quantitative estimate of drug-likeness (QED) is 0.510. The van der Waals surface area contributed by atoms with Crippen LogP contribution >= 0.6 is 23.4 Å². The van der Waals surface area contributed by atoms with Gasteiger partial charge in [0.1, 0.15) is 6.33 Å². The maximum absolute atomic E-state index is 11.4. The molecule has 0 aromatic carbocycles. The first-order valence-electron chi connectivity index (χ1n) is 5.02. The normalized spacial score (nSPS) is 10.6. The standard InChI is InChI=1S/C8H7ClN6O3S/c1-2-14-7(16)12-13-8(14)19-6-4(15(17)18)5(9)10-3-11-6/h3H,2H2,1H3,(H,12,16). The molecule has 0 spiro atoms. The van der Waals surface area contributed by atoms with Crippen molar-refractivity contribution in [1.82, 2.24) is 24.7 Å². The number of hydrogen-bond donors (Lipinski definition) is 1. The Morgan fingerprint density at radius 3 is 2.95 bits per heavy atom. The highest BCUT2D eigenvalue weighted by Crippen LogP contribution is 2.34. The summed E-state index contributed by atoms with van der Waals surface area (Å²) in [5.41, 5.74) is -0.805. The predicted octanol–water partition coefficient (Wildman–Crippen LogP) is 1.09.